The van der Waals surface area contributed by atoms with Crippen LogP contribution in [-0.2, 0) is 6.42 Å². The second-order valence-corrected chi connectivity index (χ2v) is 5.48. The van der Waals surface area contributed by atoms with Gasteiger partial charge in [0.25, 0.3) is 0 Å². The van der Waals surface area contributed by atoms with Gasteiger partial charge in [0.2, 0.25) is 0 Å². The molecule has 18 heavy (non-hydrogen) atoms. The fraction of sp³-hybridized carbons (Fsp3) is 0.625. The van der Waals surface area contributed by atoms with Gasteiger partial charge in [0.05, 0.1) is 7.11 Å². The zero-order chi connectivity index (χ0) is 13.0. The highest BCUT2D eigenvalue weighted by atomic mass is 16.5. The van der Waals surface area contributed by atoms with Crippen LogP contribution in [0.2, 0.25) is 0 Å². The third-order valence-corrected chi connectivity index (χ3v) is 4.45. The molecule has 1 aromatic rings. The molecule has 3 atom stereocenters. The molecule has 2 rings (SSSR count). The summed E-state index contributed by atoms with van der Waals surface area (Å²) < 4.78 is 5.45. The molecule has 1 fully saturated rings. The molecule has 1 aromatic carbocycles. The molecule has 2 nitrogen and oxygen atoms in total. The highest BCUT2D eigenvalue weighted by Crippen LogP contribution is 2.35. The molecule has 1 aliphatic rings. The van der Waals surface area contributed by atoms with Crippen molar-refractivity contribution in [3.63, 3.8) is 0 Å². The first-order chi connectivity index (χ1) is 8.76. The molecule has 1 saturated carbocycles. The maximum absolute atomic E-state index is 5.45. The van der Waals surface area contributed by atoms with Crippen molar-refractivity contribution in [2.24, 2.45) is 11.8 Å². The first-order valence-corrected chi connectivity index (χ1v) is 7.05. The number of hydrogen-bond donors (Lipinski definition) is 1. The zero-order valence-electron chi connectivity index (χ0n) is 11.8. The van der Waals surface area contributed by atoms with Gasteiger partial charge >= 0.3 is 0 Å². The average molecular weight is 247 g/mol. The monoisotopic (exact) mass is 247 g/mol. The predicted octanol–water partition coefficient (Wildman–Crippen LogP) is 3.26. The van der Waals surface area contributed by atoms with Crippen LogP contribution in [-0.4, -0.2) is 20.2 Å². The van der Waals surface area contributed by atoms with Crippen molar-refractivity contribution in [3.8, 4) is 5.75 Å². The van der Waals surface area contributed by atoms with Gasteiger partial charge in [-0.1, -0.05) is 38.0 Å². The quantitative estimate of drug-likeness (QED) is 0.862. The number of methoxy groups -OCH3 is 1. The van der Waals surface area contributed by atoms with E-state index >= 15 is 0 Å². The summed E-state index contributed by atoms with van der Waals surface area (Å²) in [6.45, 7) is 2.39. The minimum Gasteiger partial charge on any atom is -0.496 e. The number of nitrogens with one attached hydrogen (secondary N) is 1. The number of likely N-dealkylation sites (N-methyl/N-ethyl adjacent to an activating group) is 1. The summed E-state index contributed by atoms with van der Waals surface area (Å²) in [5.74, 6) is 2.67. The number of para-hydroxylation sites is 1. The van der Waals surface area contributed by atoms with Crippen molar-refractivity contribution in [2.75, 3.05) is 14.2 Å². The lowest BCUT2D eigenvalue weighted by Crippen LogP contribution is -2.36. The van der Waals surface area contributed by atoms with Crippen LogP contribution in [0, 0.1) is 11.8 Å². The van der Waals surface area contributed by atoms with Gasteiger partial charge in [-0.15, -0.1) is 0 Å². The second-order valence-electron chi connectivity index (χ2n) is 5.48. The summed E-state index contributed by atoms with van der Waals surface area (Å²) in [6, 6.07) is 8.94. The predicted molar refractivity (Wildman–Crippen MR) is 76.1 cm³/mol. The van der Waals surface area contributed by atoms with Gasteiger partial charge in [0.15, 0.2) is 0 Å². The zero-order valence-corrected chi connectivity index (χ0v) is 11.8. The summed E-state index contributed by atoms with van der Waals surface area (Å²) in [7, 11) is 3.84. The minimum atomic E-state index is 0.568. The molecule has 0 spiro atoms. The molecule has 1 aliphatic carbocycles. The molecule has 0 bridgehead atoms. The van der Waals surface area contributed by atoms with Gasteiger partial charge in [-0.3, -0.25) is 0 Å². The minimum absolute atomic E-state index is 0.568. The lowest BCUT2D eigenvalue weighted by Gasteiger charge is -2.27. The van der Waals surface area contributed by atoms with E-state index in [0.717, 1.165) is 24.0 Å². The molecule has 0 radical (unpaired) electrons. The van der Waals surface area contributed by atoms with E-state index in [2.05, 4.69) is 37.5 Å². The van der Waals surface area contributed by atoms with Crippen molar-refractivity contribution in [1.82, 2.24) is 5.32 Å². The Morgan fingerprint density at radius 2 is 2.11 bits per heavy atom. The molecule has 0 saturated heterocycles. The molecule has 2 heteroatoms. The summed E-state index contributed by atoms with van der Waals surface area (Å²) in [5, 5.41) is 3.52. The summed E-state index contributed by atoms with van der Waals surface area (Å²) in [5.41, 5.74) is 1.32. The van der Waals surface area contributed by atoms with Crippen LogP contribution < -0.4 is 10.1 Å². The van der Waals surface area contributed by atoms with Gasteiger partial charge < -0.3 is 10.1 Å². The third-order valence-electron chi connectivity index (χ3n) is 4.45. The molecule has 0 amide bonds. The molecule has 0 aromatic heterocycles. The van der Waals surface area contributed by atoms with Gasteiger partial charge in [-0.05, 0) is 43.4 Å². The second kappa shape index (κ2) is 6.24. The van der Waals surface area contributed by atoms with Crippen LogP contribution in [0.15, 0.2) is 24.3 Å². The number of benzene rings is 1. The van der Waals surface area contributed by atoms with Crippen molar-refractivity contribution in [1.29, 1.82) is 0 Å². The van der Waals surface area contributed by atoms with E-state index in [4.69, 9.17) is 4.74 Å². The van der Waals surface area contributed by atoms with E-state index in [9.17, 15) is 0 Å². The Morgan fingerprint density at radius 3 is 2.72 bits per heavy atom. The Hall–Kier alpha value is -1.02. The number of ether oxygens (including phenoxy) is 1. The lowest BCUT2D eigenvalue weighted by atomic mass is 9.86. The van der Waals surface area contributed by atoms with Crippen LogP contribution >= 0.6 is 0 Å². The molecule has 1 N–H and O–H groups in total. The smallest absolute Gasteiger partial charge is 0.122 e. The normalized spacial score (nSPS) is 25.1. The van der Waals surface area contributed by atoms with Gasteiger partial charge in [0.1, 0.15) is 5.75 Å². The largest absolute Gasteiger partial charge is 0.496 e. The fourth-order valence-electron chi connectivity index (χ4n) is 3.35. The third kappa shape index (κ3) is 2.86. The van der Waals surface area contributed by atoms with Crippen molar-refractivity contribution < 1.29 is 4.74 Å². The van der Waals surface area contributed by atoms with E-state index in [1.165, 1.54) is 24.8 Å². The Bertz CT molecular complexity index is 377. The van der Waals surface area contributed by atoms with Gasteiger partial charge in [-0.25, -0.2) is 0 Å². The summed E-state index contributed by atoms with van der Waals surface area (Å²) in [6.07, 6.45) is 5.20. The SMILES string of the molecule is CNC(Cc1ccccc1OC)C1CCCC1C. The molecule has 100 valence electrons. The first kappa shape index (κ1) is 13.4. The molecule has 0 aliphatic heterocycles. The first-order valence-electron chi connectivity index (χ1n) is 7.05. The van der Waals surface area contributed by atoms with Gasteiger partial charge in [0, 0.05) is 6.04 Å². The highest BCUT2D eigenvalue weighted by Gasteiger charge is 2.30. The summed E-state index contributed by atoms with van der Waals surface area (Å²) in [4.78, 5) is 0. The Morgan fingerprint density at radius 1 is 1.33 bits per heavy atom. The van der Waals surface area contributed by atoms with Crippen LogP contribution in [0.4, 0.5) is 0 Å². The Balaban J connectivity index is 2.10. The lowest BCUT2D eigenvalue weighted by molar-refractivity contribution is 0.305. The maximum Gasteiger partial charge on any atom is 0.122 e. The number of hydrogen-bond acceptors (Lipinski definition) is 2. The molecule has 3 unspecified atom stereocenters. The standard InChI is InChI=1S/C16H25NO/c1-12-7-6-9-14(12)15(17-2)11-13-8-4-5-10-16(13)18-3/h4-5,8,10,12,14-15,17H,6-7,9,11H2,1-3H3. The molecular formula is C16H25NO. The Kier molecular flexibility index (Phi) is 4.65. The summed E-state index contributed by atoms with van der Waals surface area (Å²) >= 11 is 0. The van der Waals surface area contributed by atoms with Crippen LogP contribution in [0.3, 0.4) is 0 Å². The van der Waals surface area contributed by atoms with Crippen LogP contribution in [0.25, 0.3) is 0 Å². The molecule has 0 heterocycles. The maximum atomic E-state index is 5.45. The number of rotatable bonds is 5. The van der Waals surface area contributed by atoms with Crippen molar-refractivity contribution in [2.45, 2.75) is 38.6 Å². The van der Waals surface area contributed by atoms with E-state index in [1.807, 2.05) is 6.07 Å². The van der Waals surface area contributed by atoms with Crippen molar-refractivity contribution in [3.05, 3.63) is 29.8 Å². The Labute approximate surface area is 111 Å². The van der Waals surface area contributed by atoms with E-state index < -0.39 is 0 Å². The van der Waals surface area contributed by atoms with E-state index in [1.54, 1.807) is 7.11 Å². The fourth-order valence-corrected chi connectivity index (χ4v) is 3.35. The van der Waals surface area contributed by atoms with Crippen LogP contribution in [0.1, 0.15) is 31.7 Å². The van der Waals surface area contributed by atoms with Crippen molar-refractivity contribution >= 4 is 0 Å². The van der Waals surface area contributed by atoms with Gasteiger partial charge in [-0.2, -0.15) is 0 Å². The topological polar surface area (TPSA) is 21.3 Å². The van der Waals surface area contributed by atoms with E-state index in [0.29, 0.717) is 6.04 Å². The molecular weight excluding hydrogens is 222 g/mol. The van der Waals surface area contributed by atoms with Crippen LogP contribution in [0.5, 0.6) is 5.75 Å². The average Bonchev–Trinajstić information content (AvgIpc) is 2.82. The highest BCUT2D eigenvalue weighted by molar-refractivity contribution is 5.34. The van der Waals surface area contributed by atoms with E-state index in [-0.39, 0.29) is 0 Å².